The summed E-state index contributed by atoms with van der Waals surface area (Å²) < 4.78 is 30.8. The van der Waals surface area contributed by atoms with Crippen LogP contribution in [0, 0.1) is 5.92 Å². The fraction of sp³-hybridized carbons (Fsp3) is 0.826. The van der Waals surface area contributed by atoms with Crippen LogP contribution >= 0.6 is 7.82 Å². The van der Waals surface area contributed by atoms with Gasteiger partial charge >= 0.3 is 13.5 Å². The Bertz CT molecular complexity index is 874. The van der Waals surface area contributed by atoms with Gasteiger partial charge in [0.15, 0.2) is 0 Å². The zero-order valence-corrected chi connectivity index (χ0v) is 22.7. The van der Waals surface area contributed by atoms with Gasteiger partial charge in [0.25, 0.3) is 0 Å². The first kappa shape index (κ1) is 30.7. The van der Waals surface area contributed by atoms with Gasteiger partial charge in [-0.05, 0) is 53.5 Å². The SMILES string of the molecule is CCCC(C)(C)OC(C(C)COP(=O)(O)OC(C)(C)CCC)C(O)C(C)n1ccc(N)nc1=O. The van der Waals surface area contributed by atoms with E-state index in [1.54, 1.807) is 27.7 Å². The highest BCUT2D eigenvalue weighted by atomic mass is 31.2. The first-order valence-electron chi connectivity index (χ1n) is 11.9. The fourth-order valence-electron chi connectivity index (χ4n) is 4.02. The maximum atomic E-state index is 12.6. The van der Waals surface area contributed by atoms with Gasteiger partial charge in [0.2, 0.25) is 0 Å². The van der Waals surface area contributed by atoms with Crippen molar-refractivity contribution in [2.75, 3.05) is 12.3 Å². The van der Waals surface area contributed by atoms with E-state index in [1.165, 1.54) is 16.8 Å². The molecule has 1 aromatic rings. The molecule has 0 aliphatic heterocycles. The molecule has 0 aromatic carbocycles. The van der Waals surface area contributed by atoms with E-state index in [0.717, 1.165) is 19.3 Å². The predicted molar refractivity (Wildman–Crippen MR) is 133 cm³/mol. The first-order chi connectivity index (χ1) is 15.5. The third kappa shape index (κ3) is 9.76. The number of rotatable bonds is 15. The predicted octanol–water partition coefficient (Wildman–Crippen LogP) is 4.06. The van der Waals surface area contributed by atoms with E-state index >= 15 is 0 Å². The van der Waals surface area contributed by atoms with Gasteiger partial charge in [0.05, 0.1) is 30.0 Å². The lowest BCUT2D eigenvalue weighted by molar-refractivity contribution is -0.156. The highest BCUT2D eigenvalue weighted by Gasteiger charge is 2.38. The summed E-state index contributed by atoms with van der Waals surface area (Å²) in [6, 6.07) is 0.775. The van der Waals surface area contributed by atoms with Crippen LogP contribution in [0.5, 0.6) is 0 Å². The minimum atomic E-state index is -4.34. The van der Waals surface area contributed by atoms with E-state index in [0.29, 0.717) is 6.42 Å². The fourth-order valence-corrected chi connectivity index (χ4v) is 5.21. The summed E-state index contributed by atoms with van der Waals surface area (Å²) in [7, 11) is -4.34. The third-order valence-corrected chi connectivity index (χ3v) is 6.90. The van der Waals surface area contributed by atoms with Crippen LogP contribution in [0.2, 0.25) is 0 Å². The summed E-state index contributed by atoms with van der Waals surface area (Å²) in [5.74, 6) is -0.421. The van der Waals surface area contributed by atoms with Crippen molar-refractivity contribution in [1.29, 1.82) is 0 Å². The van der Waals surface area contributed by atoms with Crippen LogP contribution < -0.4 is 11.4 Å². The van der Waals surface area contributed by atoms with Crippen LogP contribution in [-0.4, -0.2) is 49.6 Å². The molecule has 4 N–H and O–H groups in total. The molecule has 0 saturated carbocycles. The molecule has 0 bridgehead atoms. The van der Waals surface area contributed by atoms with Crippen LogP contribution in [-0.2, 0) is 18.3 Å². The number of phosphoric ester groups is 1. The number of phosphoric acid groups is 1. The summed E-state index contributed by atoms with van der Waals surface area (Å²) in [4.78, 5) is 26.3. The lowest BCUT2D eigenvalue weighted by Gasteiger charge is -2.38. The van der Waals surface area contributed by atoms with Crippen molar-refractivity contribution in [3.05, 3.63) is 22.7 Å². The zero-order valence-electron chi connectivity index (χ0n) is 21.9. The molecule has 1 heterocycles. The molecule has 0 spiro atoms. The van der Waals surface area contributed by atoms with E-state index in [9.17, 15) is 19.4 Å². The van der Waals surface area contributed by atoms with Crippen LogP contribution in [0.3, 0.4) is 0 Å². The van der Waals surface area contributed by atoms with Crippen LogP contribution in [0.4, 0.5) is 5.82 Å². The van der Waals surface area contributed by atoms with Crippen molar-refractivity contribution in [1.82, 2.24) is 9.55 Å². The number of hydrogen-bond acceptors (Lipinski definition) is 8. The van der Waals surface area contributed by atoms with Crippen molar-refractivity contribution in [3.8, 4) is 0 Å². The Morgan fingerprint density at radius 1 is 1.15 bits per heavy atom. The summed E-state index contributed by atoms with van der Waals surface area (Å²) in [6.45, 7) is 14.5. The lowest BCUT2D eigenvalue weighted by Crippen LogP contribution is -2.47. The molecule has 1 rings (SSSR count). The Kier molecular flexibility index (Phi) is 11.4. The maximum Gasteiger partial charge on any atom is 0.472 e. The van der Waals surface area contributed by atoms with Gasteiger partial charge in [0.1, 0.15) is 11.9 Å². The van der Waals surface area contributed by atoms with Gasteiger partial charge in [-0.25, -0.2) is 9.36 Å². The minimum absolute atomic E-state index is 0.0892. The lowest BCUT2D eigenvalue weighted by atomic mass is 9.93. The number of nitrogens with two attached hydrogens (primary N) is 1. The molecule has 11 heteroatoms. The number of anilines is 1. The summed E-state index contributed by atoms with van der Waals surface area (Å²) in [5.41, 5.74) is 3.59. The minimum Gasteiger partial charge on any atom is -0.388 e. The van der Waals surface area contributed by atoms with Crippen LogP contribution in [0.1, 0.15) is 87.1 Å². The Labute approximate surface area is 203 Å². The molecule has 34 heavy (non-hydrogen) atoms. The molecular formula is C23H44N3O7P. The highest BCUT2D eigenvalue weighted by Crippen LogP contribution is 2.48. The molecular weight excluding hydrogens is 461 g/mol. The molecule has 0 saturated heterocycles. The number of nitrogens with zero attached hydrogens (tertiary/aromatic N) is 2. The number of nitrogen functional groups attached to an aromatic ring is 1. The summed E-state index contributed by atoms with van der Waals surface area (Å²) >= 11 is 0. The molecule has 198 valence electrons. The molecule has 1 aromatic heterocycles. The van der Waals surface area contributed by atoms with E-state index in [-0.39, 0.29) is 12.4 Å². The topological polar surface area (TPSA) is 146 Å². The number of hydrogen-bond donors (Lipinski definition) is 3. The second-order valence-corrected chi connectivity index (χ2v) is 11.6. The van der Waals surface area contributed by atoms with E-state index in [1.807, 2.05) is 27.7 Å². The quantitative estimate of drug-likeness (QED) is 0.300. The first-order valence-corrected chi connectivity index (χ1v) is 13.4. The van der Waals surface area contributed by atoms with Gasteiger partial charge in [-0.2, -0.15) is 4.98 Å². The smallest absolute Gasteiger partial charge is 0.388 e. The number of aliphatic hydroxyl groups is 1. The summed E-state index contributed by atoms with van der Waals surface area (Å²) in [5, 5.41) is 11.3. The van der Waals surface area contributed by atoms with Crippen molar-refractivity contribution < 1.29 is 28.3 Å². The monoisotopic (exact) mass is 505 g/mol. The van der Waals surface area contributed by atoms with E-state index in [2.05, 4.69) is 4.98 Å². The molecule has 0 radical (unpaired) electrons. The Morgan fingerprint density at radius 3 is 2.24 bits per heavy atom. The molecule has 0 fully saturated rings. The van der Waals surface area contributed by atoms with Crippen molar-refractivity contribution >= 4 is 13.6 Å². The van der Waals surface area contributed by atoms with Gasteiger partial charge in [0, 0.05) is 12.1 Å². The number of aliphatic hydroxyl groups excluding tert-OH is 1. The van der Waals surface area contributed by atoms with Crippen LogP contribution in [0.15, 0.2) is 17.1 Å². The van der Waals surface area contributed by atoms with Gasteiger partial charge in [-0.3, -0.25) is 13.6 Å². The standard InChI is InChI=1S/C23H44N3O7P/c1-9-12-22(5,6)32-20(19(27)17(4)26-14-11-18(24)25-21(26)28)16(3)15-31-34(29,30)33-23(7,8)13-10-2/h11,14,16-17,19-20,27H,9-10,12-13,15H2,1-8H3,(H,29,30)(H2,24,25,28). The maximum absolute atomic E-state index is 12.6. The highest BCUT2D eigenvalue weighted by molar-refractivity contribution is 7.47. The molecule has 5 unspecified atom stereocenters. The molecule has 0 aliphatic rings. The average molecular weight is 506 g/mol. The number of ether oxygens (including phenoxy) is 1. The normalized spacial score (nSPS) is 18.2. The second-order valence-electron chi connectivity index (χ2n) is 10.2. The summed E-state index contributed by atoms with van der Waals surface area (Å²) in [6.07, 6.45) is 2.49. The Hall–Kier alpha value is -1.29. The van der Waals surface area contributed by atoms with Crippen LogP contribution in [0.25, 0.3) is 0 Å². The molecule has 0 aliphatic carbocycles. The Morgan fingerprint density at radius 2 is 1.71 bits per heavy atom. The van der Waals surface area contributed by atoms with Gasteiger partial charge < -0.3 is 20.5 Å². The van der Waals surface area contributed by atoms with Gasteiger partial charge in [-0.15, -0.1) is 0 Å². The largest absolute Gasteiger partial charge is 0.472 e. The molecule has 10 nitrogen and oxygen atoms in total. The van der Waals surface area contributed by atoms with Gasteiger partial charge in [-0.1, -0.05) is 33.6 Å². The second kappa shape index (κ2) is 12.6. The average Bonchev–Trinajstić information content (AvgIpc) is 2.68. The molecule has 0 amide bonds. The van der Waals surface area contributed by atoms with Crippen molar-refractivity contribution in [2.45, 2.75) is 111 Å². The third-order valence-electron chi connectivity index (χ3n) is 5.70. The van der Waals surface area contributed by atoms with E-state index < -0.39 is 48.9 Å². The Balaban J connectivity index is 3.11. The molecule has 5 atom stereocenters. The van der Waals surface area contributed by atoms with Crippen molar-refractivity contribution in [2.24, 2.45) is 5.92 Å². The zero-order chi connectivity index (χ0) is 26.3. The van der Waals surface area contributed by atoms with Crippen molar-refractivity contribution in [3.63, 3.8) is 0 Å². The van der Waals surface area contributed by atoms with E-state index in [4.69, 9.17) is 19.5 Å². The number of aromatic nitrogens is 2.